The first kappa shape index (κ1) is 13.1. The van der Waals surface area contributed by atoms with Crippen LogP contribution in [0.15, 0.2) is 16.8 Å². The number of likely N-dealkylation sites (N-methyl/N-ethyl adjacent to an activating group) is 1. The van der Waals surface area contributed by atoms with Gasteiger partial charge in [-0.2, -0.15) is 0 Å². The van der Waals surface area contributed by atoms with Crippen molar-refractivity contribution in [3.8, 4) is 0 Å². The van der Waals surface area contributed by atoms with Gasteiger partial charge in [0, 0.05) is 25.3 Å². The SMILES string of the molecule is CN[C@@H]1CCCN(C(=O)c2cnc3onc(C)c3c2)C1. The van der Waals surface area contributed by atoms with E-state index in [2.05, 4.69) is 15.5 Å². The van der Waals surface area contributed by atoms with Crippen LogP contribution in [0, 0.1) is 6.92 Å². The molecule has 1 amide bonds. The average Bonchev–Trinajstić information content (AvgIpc) is 2.87. The molecule has 3 heterocycles. The first-order valence-corrected chi connectivity index (χ1v) is 6.87. The van der Waals surface area contributed by atoms with Crippen molar-refractivity contribution in [2.75, 3.05) is 20.1 Å². The van der Waals surface area contributed by atoms with Gasteiger partial charge in [0.1, 0.15) is 0 Å². The molecule has 2 aromatic rings. The van der Waals surface area contributed by atoms with Crippen LogP contribution in [0.25, 0.3) is 11.1 Å². The second kappa shape index (κ2) is 5.20. The highest BCUT2D eigenvalue weighted by atomic mass is 16.5. The third-order valence-electron chi connectivity index (χ3n) is 3.87. The van der Waals surface area contributed by atoms with Crippen molar-refractivity contribution < 1.29 is 9.32 Å². The second-order valence-corrected chi connectivity index (χ2v) is 5.22. The van der Waals surface area contributed by atoms with Crippen molar-refractivity contribution in [3.05, 3.63) is 23.5 Å². The van der Waals surface area contributed by atoms with Crippen molar-refractivity contribution in [1.29, 1.82) is 0 Å². The fourth-order valence-corrected chi connectivity index (χ4v) is 2.64. The Labute approximate surface area is 117 Å². The lowest BCUT2D eigenvalue weighted by atomic mass is 10.0. The van der Waals surface area contributed by atoms with Crippen LogP contribution in [-0.2, 0) is 0 Å². The largest absolute Gasteiger partial charge is 0.337 e. The van der Waals surface area contributed by atoms with Gasteiger partial charge in [-0.1, -0.05) is 5.16 Å². The summed E-state index contributed by atoms with van der Waals surface area (Å²) in [5, 5.41) is 7.91. The molecule has 0 spiro atoms. The summed E-state index contributed by atoms with van der Waals surface area (Å²) in [6.07, 6.45) is 3.71. The van der Waals surface area contributed by atoms with E-state index >= 15 is 0 Å². The van der Waals surface area contributed by atoms with Gasteiger partial charge in [-0.3, -0.25) is 4.79 Å². The number of nitrogens with zero attached hydrogens (tertiary/aromatic N) is 3. The maximum Gasteiger partial charge on any atom is 0.257 e. The molecule has 1 fully saturated rings. The first-order valence-electron chi connectivity index (χ1n) is 6.87. The van der Waals surface area contributed by atoms with Crippen LogP contribution >= 0.6 is 0 Å². The topological polar surface area (TPSA) is 71.3 Å². The predicted octanol–water partition coefficient (Wildman–Crippen LogP) is 1.36. The van der Waals surface area contributed by atoms with Crippen molar-refractivity contribution in [3.63, 3.8) is 0 Å². The van der Waals surface area contributed by atoms with Crippen LogP contribution in [0.4, 0.5) is 0 Å². The number of fused-ring (bicyclic) bond motifs is 1. The molecule has 3 rings (SSSR count). The highest BCUT2D eigenvalue weighted by Crippen LogP contribution is 2.19. The van der Waals surface area contributed by atoms with Gasteiger partial charge in [-0.15, -0.1) is 0 Å². The molecule has 0 radical (unpaired) electrons. The van der Waals surface area contributed by atoms with Gasteiger partial charge in [-0.25, -0.2) is 4.98 Å². The molecule has 0 bridgehead atoms. The zero-order chi connectivity index (χ0) is 14.1. The van der Waals surface area contributed by atoms with Crippen LogP contribution in [0.5, 0.6) is 0 Å². The van der Waals surface area contributed by atoms with E-state index in [-0.39, 0.29) is 5.91 Å². The Morgan fingerprint density at radius 2 is 2.40 bits per heavy atom. The minimum atomic E-state index is 0.0277. The quantitative estimate of drug-likeness (QED) is 0.895. The molecule has 0 aliphatic carbocycles. The summed E-state index contributed by atoms with van der Waals surface area (Å²) in [5.74, 6) is 0.0277. The maximum absolute atomic E-state index is 12.5. The van der Waals surface area contributed by atoms with E-state index < -0.39 is 0 Å². The normalized spacial score (nSPS) is 19.5. The number of rotatable bonds is 2. The van der Waals surface area contributed by atoms with Gasteiger partial charge in [0.15, 0.2) is 0 Å². The summed E-state index contributed by atoms with van der Waals surface area (Å²) in [6, 6.07) is 2.20. The maximum atomic E-state index is 12.5. The summed E-state index contributed by atoms with van der Waals surface area (Å²) in [4.78, 5) is 18.6. The van der Waals surface area contributed by atoms with Gasteiger partial charge < -0.3 is 14.7 Å². The lowest BCUT2D eigenvalue weighted by Gasteiger charge is -2.32. The van der Waals surface area contributed by atoms with Gasteiger partial charge in [0.25, 0.3) is 11.6 Å². The van der Waals surface area contributed by atoms with E-state index in [9.17, 15) is 4.79 Å². The monoisotopic (exact) mass is 274 g/mol. The Morgan fingerprint density at radius 1 is 1.55 bits per heavy atom. The van der Waals surface area contributed by atoms with E-state index in [4.69, 9.17) is 4.52 Å². The molecule has 0 unspecified atom stereocenters. The lowest BCUT2D eigenvalue weighted by Crippen LogP contribution is -2.46. The van der Waals surface area contributed by atoms with Crippen LogP contribution in [0.1, 0.15) is 28.9 Å². The third-order valence-corrected chi connectivity index (χ3v) is 3.87. The summed E-state index contributed by atoms with van der Waals surface area (Å²) < 4.78 is 5.07. The van der Waals surface area contributed by atoms with Gasteiger partial charge >= 0.3 is 0 Å². The van der Waals surface area contributed by atoms with Gasteiger partial charge in [0.05, 0.1) is 16.6 Å². The molecule has 20 heavy (non-hydrogen) atoms. The van der Waals surface area contributed by atoms with Gasteiger partial charge in [0.2, 0.25) is 0 Å². The molecule has 1 aliphatic heterocycles. The number of likely N-dealkylation sites (tertiary alicyclic amines) is 1. The highest BCUT2D eigenvalue weighted by molar-refractivity contribution is 5.97. The summed E-state index contributed by atoms with van der Waals surface area (Å²) >= 11 is 0. The minimum absolute atomic E-state index is 0.0277. The number of aromatic nitrogens is 2. The van der Waals surface area contributed by atoms with E-state index in [0.717, 1.165) is 37.0 Å². The standard InChI is InChI=1S/C14H18N4O2/c1-9-12-6-10(7-16-13(12)20-17-9)14(19)18-5-3-4-11(8-18)15-2/h6-7,11,15H,3-5,8H2,1-2H3/t11-/m1/s1. The lowest BCUT2D eigenvalue weighted by molar-refractivity contribution is 0.0698. The number of amides is 1. The van der Waals surface area contributed by atoms with E-state index in [0.29, 0.717) is 17.3 Å². The van der Waals surface area contributed by atoms with E-state index in [1.807, 2.05) is 24.9 Å². The number of nitrogens with one attached hydrogen (secondary N) is 1. The predicted molar refractivity (Wildman–Crippen MR) is 74.5 cm³/mol. The summed E-state index contributed by atoms with van der Waals surface area (Å²) in [6.45, 7) is 3.40. The summed E-state index contributed by atoms with van der Waals surface area (Å²) in [5.41, 5.74) is 1.83. The molecular formula is C14H18N4O2. The first-order chi connectivity index (χ1) is 9.69. The number of carbonyl (C=O) groups is 1. The summed E-state index contributed by atoms with van der Waals surface area (Å²) in [7, 11) is 1.94. The number of aryl methyl sites for hydroxylation is 1. The molecule has 1 aliphatic rings. The Kier molecular flexibility index (Phi) is 3.40. The van der Waals surface area contributed by atoms with Crippen molar-refractivity contribution >= 4 is 17.0 Å². The molecule has 2 aromatic heterocycles. The minimum Gasteiger partial charge on any atom is -0.337 e. The Bertz CT molecular complexity index is 637. The Hall–Kier alpha value is -1.95. The zero-order valence-electron chi connectivity index (χ0n) is 11.7. The second-order valence-electron chi connectivity index (χ2n) is 5.22. The number of hydrogen-bond acceptors (Lipinski definition) is 5. The van der Waals surface area contributed by atoms with Crippen LogP contribution in [-0.4, -0.2) is 47.1 Å². The number of hydrogen-bond donors (Lipinski definition) is 1. The molecule has 6 nitrogen and oxygen atoms in total. The molecular weight excluding hydrogens is 256 g/mol. The molecule has 0 saturated carbocycles. The zero-order valence-corrected chi connectivity index (χ0v) is 11.7. The Balaban J connectivity index is 1.86. The van der Waals surface area contributed by atoms with Crippen molar-refractivity contribution in [1.82, 2.24) is 20.4 Å². The molecule has 6 heteroatoms. The molecule has 1 atom stereocenters. The van der Waals surface area contributed by atoms with E-state index in [1.54, 1.807) is 6.20 Å². The van der Waals surface area contributed by atoms with E-state index in [1.165, 1.54) is 0 Å². The number of carbonyl (C=O) groups excluding carboxylic acids is 1. The molecule has 1 N–H and O–H groups in total. The smallest absolute Gasteiger partial charge is 0.257 e. The molecule has 0 aromatic carbocycles. The van der Waals surface area contributed by atoms with Crippen molar-refractivity contribution in [2.45, 2.75) is 25.8 Å². The fraction of sp³-hybridized carbons (Fsp3) is 0.500. The fourth-order valence-electron chi connectivity index (χ4n) is 2.64. The Morgan fingerprint density at radius 3 is 3.20 bits per heavy atom. The highest BCUT2D eigenvalue weighted by Gasteiger charge is 2.24. The van der Waals surface area contributed by atoms with Gasteiger partial charge in [-0.05, 0) is 32.9 Å². The average molecular weight is 274 g/mol. The molecule has 106 valence electrons. The van der Waals surface area contributed by atoms with Crippen molar-refractivity contribution in [2.24, 2.45) is 0 Å². The van der Waals surface area contributed by atoms with Crippen LogP contribution in [0.2, 0.25) is 0 Å². The third kappa shape index (κ3) is 2.27. The van der Waals surface area contributed by atoms with Crippen LogP contribution < -0.4 is 5.32 Å². The molecule has 1 saturated heterocycles. The van der Waals surface area contributed by atoms with Crippen LogP contribution in [0.3, 0.4) is 0 Å². The number of piperidine rings is 1. The number of pyridine rings is 1.